The molecule has 0 aliphatic carbocycles. The minimum Gasteiger partial charge on any atom is -0.461 e. The van der Waals surface area contributed by atoms with Crippen LogP contribution in [0.15, 0.2) is 25.3 Å². The topological polar surface area (TPSA) is 26.3 Å². The number of rotatable bonds is 6. The predicted octanol–water partition coefficient (Wildman–Crippen LogP) is 1.91. The molecular weight excluding hydrogens is 172 g/mol. The van der Waals surface area contributed by atoms with Gasteiger partial charge < -0.3 is 4.74 Å². The molecule has 0 bridgehead atoms. The lowest BCUT2D eigenvalue weighted by Gasteiger charge is -2.07. The van der Waals surface area contributed by atoms with E-state index in [-0.39, 0.29) is 18.5 Å². The molecule has 0 spiro atoms. The van der Waals surface area contributed by atoms with Crippen LogP contribution in [-0.2, 0) is 9.53 Å². The molecular formula is C9H12O2S. The van der Waals surface area contributed by atoms with Crippen LogP contribution in [0.1, 0.15) is 6.42 Å². The average Bonchev–Trinajstić information content (AvgIpc) is 2.10. The molecule has 12 heavy (non-hydrogen) atoms. The molecule has 0 N–H and O–H groups in total. The molecule has 1 atom stereocenters. The highest BCUT2D eigenvalue weighted by Crippen LogP contribution is 2.03. The molecule has 0 aliphatic heterocycles. The second kappa shape index (κ2) is 6.73. The Morgan fingerprint density at radius 1 is 1.50 bits per heavy atom. The molecule has 0 heterocycles. The maximum Gasteiger partial charge on any atom is 0.314 e. The fraction of sp³-hybridized carbons (Fsp3) is 0.333. The van der Waals surface area contributed by atoms with E-state index in [1.54, 1.807) is 6.08 Å². The summed E-state index contributed by atoms with van der Waals surface area (Å²) in [7, 11) is 0. The summed E-state index contributed by atoms with van der Waals surface area (Å²) in [5.74, 6) is -0.665. The molecule has 2 nitrogen and oxygen atoms in total. The van der Waals surface area contributed by atoms with Crippen molar-refractivity contribution in [3.63, 3.8) is 0 Å². The van der Waals surface area contributed by atoms with Crippen molar-refractivity contribution in [2.24, 2.45) is 5.92 Å². The van der Waals surface area contributed by atoms with Crippen molar-refractivity contribution >= 4 is 23.6 Å². The molecule has 0 radical (unpaired) electrons. The molecule has 0 amide bonds. The first-order chi connectivity index (χ1) is 5.76. The van der Waals surface area contributed by atoms with Crippen LogP contribution in [0.2, 0.25) is 0 Å². The first-order valence-electron chi connectivity index (χ1n) is 3.60. The number of hydrogen-bond acceptors (Lipinski definition) is 3. The number of carbonyl (C=O) groups is 1. The molecule has 1 unspecified atom stereocenters. The zero-order valence-corrected chi connectivity index (χ0v) is 7.68. The largest absolute Gasteiger partial charge is 0.461 e. The van der Waals surface area contributed by atoms with Crippen LogP contribution in [-0.4, -0.2) is 17.9 Å². The molecule has 0 aromatic carbocycles. The monoisotopic (exact) mass is 184 g/mol. The lowest BCUT2D eigenvalue weighted by molar-refractivity contribution is -0.144. The molecule has 0 aromatic heterocycles. The zero-order valence-electron chi connectivity index (χ0n) is 6.86. The quantitative estimate of drug-likeness (QED) is 0.358. The number of hydrogen-bond donors (Lipinski definition) is 0. The Balaban J connectivity index is 3.92. The second-order valence-electron chi connectivity index (χ2n) is 2.19. The third kappa shape index (κ3) is 4.03. The number of thiocarbonyl (C=S) groups is 1. The fourth-order valence-corrected chi connectivity index (χ4v) is 0.857. The number of allylic oxidation sites excluding steroid dienone is 1. The van der Waals surface area contributed by atoms with Crippen molar-refractivity contribution < 1.29 is 9.53 Å². The molecule has 3 heteroatoms. The van der Waals surface area contributed by atoms with Gasteiger partial charge in [-0.05, 0) is 11.8 Å². The molecule has 0 saturated heterocycles. The number of esters is 1. The first kappa shape index (κ1) is 11.0. The zero-order chi connectivity index (χ0) is 9.40. The van der Waals surface area contributed by atoms with Crippen LogP contribution < -0.4 is 0 Å². The van der Waals surface area contributed by atoms with Crippen LogP contribution >= 0.6 is 12.2 Å². The van der Waals surface area contributed by atoms with E-state index < -0.39 is 0 Å². The van der Waals surface area contributed by atoms with Gasteiger partial charge in [0.2, 0.25) is 0 Å². The van der Waals surface area contributed by atoms with Gasteiger partial charge in [0.25, 0.3) is 0 Å². The van der Waals surface area contributed by atoms with E-state index in [1.165, 1.54) is 11.4 Å². The highest BCUT2D eigenvalue weighted by atomic mass is 32.1. The Morgan fingerprint density at radius 2 is 2.17 bits per heavy atom. The summed E-state index contributed by atoms with van der Waals surface area (Å²) in [6.07, 6.45) is 3.69. The van der Waals surface area contributed by atoms with Gasteiger partial charge in [0.1, 0.15) is 6.61 Å². The molecule has 0 saturated carbocycles. The van der Waals surface area contributed by atoms with E-state index in [0.717, 1.165) is 0 Å². The Hall–Kier alpha value is -0.960. The van der Waals surface area contributed by atoms with Crippen LogP contribution in [0.3, 0.4) is 0 Å². The highest BCUT2D eigenvalue weighted by Gasteiger charge is 2.14. The third-order valence-corrected chi connectivity index (χ3v) is 1.56. The second-order valence-corrected chi connectivity index (χ2v) is 2.46. The Labute approximate surface area is 77.9 Å². The van der Waals surface area contributed by atoms with Gasteiger partial charge in [-0.15, -0.1) is 6.58 Å². The van der Waals surface area contributed by atoms with Gasteiger partial charge >= 0.3 is 5.97 Å². The smallest absolute Gasteiger partial charge is 0.314 e. The van der Waals surface area contributed by atoms with Gasteiger partial charge in [0, 0.05) is 0 Å². The summed E-state index contributed by atoms with van der Waals surface area (Å²) < 4.78 is 4.79. The minimum atomic E-state index is -0.350. The predicted molar refractivity (Wildman–Crippen MR) is 53.1 cm³/mol. The van der Waals surface area contributed by atoms with E-state index in [0.29, 0.717) is 6.42 Å². The molecule has 0 aromatic rings. The maximum absolute atomic E-state index is 11.1. The van der Waals surface area contributed by atoms with E-state index in [2.05, 4.69) is 25.4 Å². The highest BCUT2D eigenvalue weighted by molar-refractivity contribution is 7.79. The van der Waals surface area contributed by atoms with Gasteiger partial charge in [-0.3, -0.25) is 4.79 Å². The van der Waals surface area contributed by atoms with Crippen molar-refractivity contribution in [3.05, 3.63) is 25.3 Å². The normalized spacial score (nSPS) is 11.3. The van der Waals surface area contributed by atoms with Gasteiger partial charge in [0.15, 0.2) is 0 Å². The van der Waals surface area contributed by atoms with E-state index >= 15 is 0 Å². The van der Waals surface area contributed by atoms with Crippen molar-refractivity contribution in [1.29, 1.82) is 0 Å². The third-order valence-electron chi connectivity index (χ3n) is 1.23. The standard InChI is InChI=1S/C9H12O2S/c1-3-5-8(7-12)9(10)11-6-4-2/h3-4,7-8H,1-2,5-6H2. The summed E-state index contributed by atoms with van der Waals surface area (Å²) in [5.41, 5.74) is 0. The number of ether oxygens (including phenoxy) is 1. The summed E-state index contributed by atoms with van der Waals surface area (Å²) in [6.45, 7) is 7.18. The Kier molecular flexibility index (Phi) is 6.19. The van der Waals surface area contributed by atoms with Gasteiger partial charge in [0.05, 0.1) is 5.92 Å². The summed E-state index contributed by atoms with van der Waals surface area (Å²) >= 11 is 4.67. The molecule has 66 valence electrons. The minimum absolute atomic E-state index is 0.232. The van der Waals surface area contributed by atoms with Crippen LogP contribution in [0, 0.1) is 5.92 Å². The molecule has 0 rings (SSSR count). The maximum atomic E-state index is 11.1. The van der Waals surface area contributed by atoms with E-state index in [9.17, 15) is 4.79 Å². The number of carbonyl (C=O) groups excluding carboxylic acids is 1. The molecule has 0 fully saturated rings. The van der Waals surface area contributed by atoms with E-state index in [4.69, 9.17) is 4.74 Å². The van der Waals surface area contributed by atoms with Crippen LogP contribution in [0.5, 0.6) is 0 Å². The first-order valence-corrected chi connectivity index (χ1v) is 4.07. The van der Waals surface area contributed by atoms with Gasteiger partial charge in [-0.1, -0.05) is 30.9 Å². The van der Waals surface area contributed by atoms with Gasteiger partial charge in [-0.25, -0.2) is 0 Å². The lowest BCUT2D eigenvalue weighted by Crippen LogP contribution is -2.17. The molecule has 0 aliphatic rings. The fourth-order valence-electron chi connectivity index (χ4n) is 0.635. The van der Waals surface area contributed by atoms with E-state index in [1.807, 2.05) is 0 Å². The Morgan fingerprint density at radius 3 is 2.58 bits per heavy atom. The SMILES string of the molecule is C=CCOC(=O)C(C=S)CC=C. The Bertz CT molecular complexity index is 187. The summed E-state index contributed by atoms with van der Waals surface area (Å²) in [5, 5.41) is 1.40. The van der Waals surface area contributed by atoms with Crippen LogP contribution in [0.25, 0.3) is 0 Å². The average molecular weight is 184 g/mol. The van der Waals surface area contributed by atoms with Crippen molar-refractivity contribution in [3.8, 4) is 0 Å². The van der Waals surface area contributed by atoms with Crippen molar-refractivity contribution in [1.82, 2.24) is 0 Å². The van der Waals surface area contributed by atoms with Crippen molar-refractivity contribution in [2.45, 2.75) is 6.42 Å². The van der Waals surface area contributed by atoms with Crippen molar-refractivity contribution in [2.75, 3.05) is 6.61 Å². The van der Waals surface area contributed by atoms with Crippen LogP contribution in [0.4, 0.5) is 0 Å². The summed E-state index contributed by atoms with van der Waals surface area (Å²) in [4.78, 5) is 11.1. The van der Waals surface area contributed by atoms with Gasteiger partial charge in [-0.2, -0.15) is 0 Å². The lowest BCUT2D eigenvalue weighted by atomic mass is 10.1. The summed E-state index contributed by atoms with van der Waals surface area (Å²) in [6, 6.07) is 0.